The quantitative estimate of drug-likeness (QED) is 0.360. The molecule has 0 spiro atoms. The van der Waals surface area contributed by atoms with Crippen LogP contribution in [-0.2, 0) is 4.74 Å². The van der Waals surface area contributed by atoms with E-state index in [0.717, 1.165) is 32.1 Å². The molecular formula is C28H41F3N6O3. The molecule has 0 atom stereocenters. The van der Waals surface area contributed by atoms with Gasteiger partial charge in [-0.2, -0.15) is 13.8 Å². The number of nitrogens with one attached hydrogen (secondary N) is 3. The number of ether oxygens (including phenoxy) is 3. The van der Waals surface area contributed by atoms with E-state index in [1.165, 1.54) is 6.07 Å². The Morgan fingerprint density at radius 2 is 1.80 bits per heavy atom. The van der Waals surface area contributed by atoms with Gasteiger partial charge in [0.05, 0.1) is 19.4 Å². The molecule has 1 aromatic carbocycles. The van der Waals surface area contributed by atoms with E-state index >= 15 is 0 Å². The third-order valence-electron chi connectivity index (χ3n) is 6.79. The number of hydrogen-bond acceptors (Lipinski definition) is 9. The van der Waals surface area contributed by atoms with Crippen LogP contribution in [0.15, 0.2) is 24.4 Å². The number of anilines is 3. The molecule has 2 aliphatic rings. The molecule has 2 aromatic rings. The van der Waals surface area contributed by atoms with Gasteiger partial charge in [0.25, 0.3) is 0 Å². The van der Waals surface area contributed by atoms with Crippen LogP contribution in [0.25, 0.3) is 0 Å². The molecule has 4 rings (SSSR count). The number of halogens is 3. The Balaban J connectivity index is 1.49. The Morgan fingerprint density at radius 1 is 1.12 bits per heavy atom. The minimum absolute atomic E-state index is 0.00760. The lowest BCUT2D eigenvalue weighted by Gasteiger charge is -2.46. The zero-order valence-corrected chi connectivity index (χ0v) is 24.1. The largest absolute Gasteiger partial charge is 0.483 e. The third-order valence-corrected chi connectivity index (χ3v) is 6.79. The maximum absolute atomic E-state index is 14.7. The molecule has 2 saturated heterocycles. The van der Waals surface area contributed by atoms with Crippen molar-refractivity contribution in [3.05, 3.63) is 30.2 Å². The van der Waals surface area contributed by atoms with E-state index in [1.807, 2.05) is 13.8 Å². The zero-order chi connectivity index (χ0) is 29.1. The molecule has 2 fully saturated rings. The van der Waals surface area contributed by atoms with Crippen molar-refractivity contribution in [1.29, 1.82) is 0 Å². The van der Waals surface area contributed by atoms with E-state index in [9.17, 15) is 13.2 Å². The smallest absolute Gasteiger partial charge is 0.387 e. The van der Waals surface area contributed by atoms with Crippen molar-refractivity contribution in [1.82, 2.24) is 20.2 Å². The lowest BCUT2D eigenvalue weighted by atomic mass is 9.79. The Hall–Kier alpha value is -2.83. The van der Waals surface area contributed by atoms with Crippen LogP contribution in [0.2, 0.25) is 0 Å². The Kier molecular flexibility index (Phi) is 9.01. The first-order valence-corrected chi connectivity index (χ1v) is 13.6. The number of morpholine rings is 1. The highest BCUT2D eigenvalue weighted by molar-refractivity contribution is 5.60. The predicted octanol–water partition coefficient (Wildman–Crippen LogP) is 5.17. The summed E-state index contributed by atoms with van der Waals surface area (Å²) < 4.78 is 57.6. The Morgan fingerprint density at radius 3 is 2.45 bits per heavy atom. The molecule has 3 heterocycles. The van der Waals surface area contributed by atoms with Crippen LogP contribution in [0.1, 0.15) is 54.4 Å². The average Bonchev–Trinajstić information content (AvgIpc) is 2.81. The van der Waals surface area contributed by atoms with Gasteiger partial charge in [0.2, 0.25) is 5.95 Å². The summed E-state index contributed by atoms with van der Waals surface area (Å²) >= 11 is 0. The lowest BCUT2D eigenvalue weighted by Crippen LogP contribution is -2.60. The molecule has 40 heavy (non-hydrogen) atoms. The zero-order valence-electron chi connectivity index (χ0n) is 24.1. The molecule has 1 aromatic heterocycles. The molecule has 0 unspecified atom stereocenters. The highest BCUT2D eigenvalue weighted by Gasteiger charge is 2.38. The van der Waals surface area contributed by atoms with E-state index < -0.39 is 18.0 Å². The third kappa shape index (κ3) is 8.58. The van der Waals surface area contributed by atoms with Crippen molar-refractivity contribution >= 4 is 17.5 Å². The van der Waals surface area contributed by atoms with E-state index in [-0.39, 0.29) is 40.4 Å². The van der Waals surface area contributed by atoms with Gasteiger partial charge in [-0.1, -0.05) is 0 Å². The lowest BCUT2D eigenvalue weighted by molar-refractivity contribution is -0.0546. The van der Waals surface area contributed by atoms with Gasteiger partial charge < -0.3 is 30.2 Å². The first-order valence-electron chi connectivity index (χ1n) is 13.6. The summed E-state index contributed by atoms with van der Waals surface area (Å²) in [6, 6.07) is 4.59. The predicted molar refractivity (Wildman–Crippen MR) is 148 cm³/mol. The fourth-order valence-electron chi connectivity index (χ4n) is 5.76. The molecule has 0 saturated carbocycles. The summed E-state index contributed by atoms with van der Waals surface area (Å²) in [6.45, 7) is 12.6. The Labute approximate surface area is 234 Å². The average molecular weight is 567 g/mol. The molecule has 12 heteroatoms. The molecular weight excluding hydrogens is 525 g/mol. The van der Waals surface area contributed by atoms with Gasteiger partial charge in [-0.15, -0.1) is 0 Å². The van der Waals surface area contributed by atoms with Crippen LogP contribution in [0.3, 0.4) is 0 Å². The number of rotatable bonds is 10. The van der Waals surface area contributed by atoms with Crippen molar-refractivity contribution < 1.29 is 27.4 Å². The summed E-state index contributed by atoms with van der Waals surface area (Å²) in [7, 11) is 0. The highest BCUT2D eigenvalue weighted by Crippen LogP contribution is 2.36. The molecule has 0 amide bonds. The minimum Gasteiger partial charge on any atom is -0.483 e. The Bertz CT molecular complexity index is 1140. The van der Waals surface area contributed by atoms with Gasteiger partial charge >= 0.3 is 6.61 Å². The SMILES string of the molecule is CC1(C)CC(Nc2nc(Nc3ccc(OC(C)(C)CN4CCOCC4)c(OC(F)F)c3)ncc2F)CC(C)(C)N1. The van der Waals surface area contributed by atoms with Gasteiger partial charge in [0.1, 0.15) is 5.60 Å². The van der Waals surface area contributed by atoms with Crippen LogP contribution in [0.5, 0.6) is 11.5 Å². The van der Waals surface area contributed by atoms with E-state index in [4.69, 9.17) is 14.2 Å². The van der Waals surface area contributed by atoms with Gasteiger partial charge in [-0.3, -0.25) is 4.90 Å². The van der Waals surface area contributed by atoms with Crippen molar-refractivity contribution in [2.45, 2.75) is 83.7 Å². The van der Waals surface area contributed by atoms with Crippen LogP contribution >= 0.6 is 0 Å². The normalized spacial score (nSPS) is 19.9. The number of benzene rings is 1. The van der Waals surface area contributed by atoms with E-state index in [2.05, 4.69) is 58.5 Å². The number of hydrogen-bond donors (Lipinski definition) is 3. The van der Waals surface area contributed by atoms with Gasteiger partial charge in [0.15, 0.2) is 23.1 Å². The number of nitrogens with zero attached hydrogens (tertiary/aromatic N) is 3. The number of alkyl halides is 2. The molecule has 0 bridgehead atoms. The van der Waals surface area contributed by atoms with Crippen LogP contribution in [0.4, 0.5) is 30.6 Å². The molecule has 3 N–H and O–H groups in total. The van der Waals surface area contributed by atoms with Crippen molar-refractivity contribution in [2.24, 2.45) is 0 Å². The molecule has 9 nitrogen and oxygen atoms in total. The second kappa shape index (κ2) is 12.0. The first-order chi connectivity index (χ1) is 18.7. The molecule has 2 aliphatic heterocycles. The summed E-state index contributed by atoms with van der Waals surface area (Å²) in [5, 5.41) is 9.80. The molecule has 0 radical (unpaired) electrons. The molecule has 0 aliphatic carbocycles. The van der Waals surface area contributed by atoms with Crippen LogP contribution in [-0.4, -0.2) is 77.0 Å². The fraction of sp³-hybridized carbons (Fsp3) is 0.643. The number of piperidine rings is 1. The fourth-order valence-corrected chi connectivity index (χ4v) is 5.76. The first kappa shape index (κ1) is 30.1. The highest BCUT2D eigenvalue weighted by atomic mass is 19.3. The standard InChI is InChI=1S/C28H41F3N6O3/c1-26(2)14-19(15-27(3,4)36-26)33-23-20(29)16-32-25(35-23)34-18-7-8-21(22(13-18)39-24(30)31)40-28(5,6)17-37-9-11-38-12-10-37/h7-8,13,16,19,24,36H,9-12,14-15,17H2,1-6H3,(H2,32,33,34,35). The van der Waals surface area contributed by atoms with Crippen molar-refractivity contribution in [3.8, 4) is 11.5 Å². The van der Waals surface area contributed by atoms with Gasteiger partial charge in [0, 0.05) is 48.5 Å². The van der Waals surface area contributed by atoms with Crippen LogP contribution in [0, 0.1) is 5.82 Å². The monoisotopic (exact) mass is 566 g/mol. The maximum Gasteiger partial charge on any atom is 0.387 e. The summed E-state index contributed by atoms with van der Waals surface area (Å²) in [6.07, 6.45) is 2.64. The van der Waals surface area contributed by atoms with Gasteiger partial charge in [-0.25, -0.2) is 9.37 Å². The second-order valence-corrected chi connectivity index (χ2v) is 12.4. The topological polar surface area (TPSA) is 92.8 Å². The summed E-state index contributed by atoms with van der Waals surface area (Å²) in [5.74, 6) is -0.337. The van der Waals surface area contributed by atoms with Crippen molar-refractivity contribution in [2.75, 3.05) is 43.5 Å². The van der Waals surface area contributed by atoms with E-state index in [1.54, 1.807) is 12.1 Å². The number of aromatic nitrogens is 2. The van der Waals surface area contributed by atoms with Gasteiger partial charge in [-0.05, 0) is 66.5 Å². The van der Waals surface area contributed by atoms with Crippen LogP contribution < -0.4 is 25.4 Å². The summed E-state index contributed by atoms with van der Waals surface area (Å²) in [4.78, 5) is 10.6. The summed E-state index contributed by atoms with van der Waals surface area (Å²) in [5.41, 5.74) is -0.557. The van der Waals surface area contributed by atoms with E-state index in [0.29, 0.717) is 25.4 Å². The maximum atomic E-state index is 14.7. The second-order valence-electron chi connectivity index (χ2n) is 12.4. The molecule has 222 valence electrons. The van der Waals surface area contributed by atoms with Crippen molar-refractivity contribution in [3.63, 3.8) is 0 Å². The minimum atomic E-state index is -3.05.